The minimum atomic E-state index is 0.716. The quantitative estimate of drug-likeness (QED) is 0.942. The number of nitrogens with zero attached hydrogens (tertiary/aromatic N) is 2. The lowest BCUT2D eigenvalue weighted by Gasteiger charge is -2.07. The monoisotopic (exact) mass is 297 g/mol. The summed E-state index contributed by atoms with van der Waals surface area (Å²) in [6.07, 6.45) is 1.80. The molecule has 0 bridgehead atoms. The third-order valence-electron chi connectivity index (χ3n) is 2.16. The van der Waals surface area contributed by atoms with Gasteiger partial charge < -0.3 is 5.32 Å². The zero-order chi connectivity index (χ0) is 11.5. The molecule has 0 aliphatic heterocycles. The standard InChI is InChI=1S/C11H12BrN3S/c1-7-3-4-13-11(10(7)12)14-5-9-15-8(2)6-16-9/h3-4,6H,5H2,1-2H3,(H,13,14). The summed E-state index contributed by atoms with van der Waals surface area (Å²) in [6.45, 7) is 4.76. The zero-order valence-corrected chi connectivity index (χ0v) is 11.5. The van der Waals surface area contributed by atoms with E-state index >= 15 is 0 Å². The van der Waals surface area contributed by atoms with Gasteiger partial charge in [0.15, 0.2) is 0 Å². The lowest BCUT2D eigenvalue weighted by molar-refractivity contribution is 1.05. The molecule has 0 atom stereocenters. The fourth-order valence-electron chi connectivity index (χ4n) is 1.31. The van der Waals surface area contributed by atoms with E-state index in [2.05, 4.69) is 36.6 Å². The minimum Gasteiger partial charge on any atom is -0.363 e. The van der Waals surface area contributed by atoms with Crippen LogP contribution in [0.2, 0.25) is 0 Å². The number of anilines is 1. The molecule has 84 valence electrons. The molecule has 0 aromatic carbocycles. The molecular formula is C11H12BrN3S. The Bertz CT molecular complexity index is 496. The van der Waals surface area contributed by atoms with Gasteiger partial charge in [-0.3, -0.25) is 0 Å². The summed E-state index contributed by atoms with van der Waals surface area (Å²) in [5.74, 6) is 0.868. The number of rotatable bonds is 3. The Morgan fingerprint density at radius 3 is 2.94 bits per heavy atom. The summed E-state index contributed by atoms with van der Waals surface area (Å²) in [5.41, 5.74) is 2.24. The highest BCUT2D eigenvalue weighted by atomic mass is 79.9. The van der Waals surface area contributed by atoms with Gasteiger partial charge in [0, 0.05) is 17.3 Å². The number of halogens is 1. The van der Waals surface area contributed by atoms with Crippen LogP contribution >= 0.6 is 27.3 Å². The second-order valence-corrected chi connectivity index (χ2v) is 5.26. The van der Waals surface area contributed by atoms with Crippen molar-refractivity contribution in [1.29, 1.82) is 0 Å². The average molecular weight is 298 g/mol. The molecule has 0 saturated carbocycles. The van der Waals surface area contributed by atoms with Crippen LogP contribution in [0.5, 0.6) is 0 Å². The summed E-state index contributed by atoms with van der Waals surface area (Å²) in [4.78, 5) is 8.67. The minimum absolute atomic E-state index is 0.716. The second-order valence-electron chi connectivity index (χ2n) is 3.53. The number of aryl methyl sites for hydroxylation is 2. The van der Waals surface area contributed by atoms with Crippen molar-refractivity contribution < 1.29 is 0 Å². The van der Waals surface area contributed by atoms with Crippen LogP contribution in [0.15, 0.2) is 22.1 Å². The highest BCUT2D eigenvalue weighted by Crippen LogP contribution is 2.23. The van der Waals surface area contributed by atoms with Crippen LogP contribution in [0.3, 0.4) is 0 Å². The van der Waals surface area contributed by atoms with Crippen molar-refractivity contribution in [2.45, 2.75) is 20.4 Å². The third-order valence-corrected chi connectivity index (χ3v) is 4.12. The van der Waals surface area contributed by atoms with E-state index in [0.29, 0.717) is 6.54 Å². The van der Waals surface area contributed by atoms with Crippen molar-refractivity contribution in [3.8, 4) is 0 Å². The zero-order valence-electron chi connectivity index (χ0n) is 9.12. The van der Waals surface area contributed by atoms with Gasteiger partial charge in [-0.1, -0.05) is 0 Å². The van der Waals surface area contributed by atoms with Crippen LogP contribution in [0.1, 0.15) is 16.3 Å². The Morgan fingerprint density at radius 1 is 1.44 bits per heavy atom. The predicted molar refractivity (Wildman–Crippen MR) is 70.9 cm³/mol. The highest BCUT2D eigenvalue weighted by Gasteiger charge is 2.04. The molecule has 0 unspecified atom stereocenters. The predicted octanol–water partition coefficient (Wildman–Crippen LogP) is 3.53. The highest BCUT2D eigenvalue weighted by molar-refractivity contribution is 9.10. The largest absolute Gasteiger partial charge is 0.363 e. The first-order valence-electron chi connectivity index (χ1n) is 4.93. The summed E-state index contributed by atoms with van der Waals surface area (Å²) < 4.78 is 1.02. The number of aromatic nitrogens is 2. The smallest absolute Gasteiger partial charge is 0.140 e. The van der Waals surface area contributed by atoms with Crippen LogP contribution < -0.4 is 5.32 Å². The maximum absolute atomic E-state index is 4.39. The SMILES string of the molecule is Cc1csc(CNc2nccc(C)c2Br)n1. The molecule has 3 nitrogen and oxygen atoms in total. The Balaban J connectivity index is 2.07. The maximum atomic E-state index is 4.39. The fourth-order valence-corrected chi connectivity index (χ4v) is 2.39. The van der Waals surface area contributed by atoms with Gasteiger partial charge in [0.2, 0.25) is 0 Å². The lowest BCUT2D eigenvalue weighted by Crippen LogP contribution is -2.02. The van der Waals surface area contributed by atoms with Gasteiger partial charge in [0.05, 0.1) is 11.0 Å². The number of thiazole rings is 1. The van der Waals surface area contributed by atoms with Crippen LogP contribution in [0.4, 0.5) is 5.82 Å². The van der Waals surface area contributed by atoms with E-state index in [1.54, 1.807) is 17.5 Å². The first-order chi connectivity index (χ1) is 7.66. The first-order valence-corrected chi connectivity index (χ1v) is 6.60. The third kappa shape index (κ3) is 2.59. The molecule has 0 aliphatic carbocycles. The van der Waals surface area contributed by atoms with Gasteiger partial charge >= 0.3 is 0 Å². The molecule has 0 fully saturated rings. The van der Waals surface area contributed by atoms with Crippen LogP contribution in [0.25, 0.3) is 0 Å². The molecule has 2 aromatic rings. The van der Waals surface area contributed by atoms with E-state index < -0.39 is 0 Å². The van der Waals surface area contributed by atoms with E-state index in [4.69, 9.17) is 0 Å². The first kappa shape index (κ1) is 11.5. The number of pyridine rings is 1. The van der Waals surface area contributed by atoms with E-state index in [1.807, 2.05) is 19.9 Å². The van der Waals surface area contributed by atoms with Crippen molar-refractivity contribution in [2.75, 3.05) is 5.32 Å². The van der Waals surface area contributed by atoms with E-state index in [9.17, 15) is 0 Å². The molecule has 1 N–H and O–H groups in total. The van der Waals surface area contributed by atoms with E-state index in [1.165, 1.54) is 5.56 Å². The Labute approximate surface area is 107 Å². The van der Waals surface area contributed by atoms with Crippen molar-refractivity contribution >= 4 is 33.1 Å². The average Bonchev–Trinajstić information content (AvgIpc) is 2.67. The molecule has 2 heterocycles. The van der Waals surface area contributed by atoms with Crippen LogP contribution in [0, 0.1) is 13.8 Å². The Hall–Kier alpha value is -0.940. The lowest BCUT2D eigenvalue weighted by atomic mass is 10.3. The topological polar surface area (TPSA) is 37.8 Å². The van der Waals surface area contributed by atoms with Crippen LogP contribution in [-0.4, -0.2) is 9.97 Å². The van der Waals surface area contributed by atoms with Gasteiger partial charge in [-0.25, -0.2) is 9.97 Å². The van der Waals surface area contributed by atoms with Gasteiger partial charge in [0.25, 0.3) is 0 Å². The molecule has 2 rings (SSSR count). The van der Waals surface area contributed by atoms with Gasteiger partial charge in [0.1, 0.15) is 10.8 Å². The molecule has 5 heteroatoms. The molecule has 16 heavy (non-hydrogen) atoms. The molecule has 0 radical (unpaired) electrons. The summed E-state index contributed by atoms with van der Waals surface area (Å²) in [7, 11) is 0. The van der Waals surface area contributed by atoms with Crippen LogP contribution in [-0.2, 0) is 6.54 Å². The summed E-state index contributed by atoms with van der Waals surface area (Å²) >= 11 is 5.18. The summed E-state index contributed by atoms with van der Waals surface area (Å²) in [6, 6.07) is 1.98. The molecule has 0 aliphatic rings. The molecule has 0 amide bonds. The van der Waals surface area contributed by atoms with Gasteiger partial charge in [-0.2, -0.15) is 0 Å². The molecular weight excluding hydrogens is 286 g/mol. The van der Waals surface area contributed by atoms with E-state index in [-0.39, 0.29) is 0 Å². The maximum Gasteiger partial charge on any atom is 0.140 e. The number of nitrogens with one attached hydrogen (secondary N) is 1. The molecule has 0 saturated heterocycles. The van der Waals surface area contributed by atoms with Crippen molar-refractivity contribution in [3.63, 3.8) is 0 Å². The molecule has 0 spiro atoms. The summed E-state index contributed by atoms with van der Waals surface area (Å²) in [5, 5.41) is 6.40. The normalized spacial score (nSPS) is 10.4. The molecule has 2 aromatic heterocycles. The Kier molecular flexibility index (Phi) is 3.56. The van der Waals surface area contributed by atoms with Gasteiger partial charge in [-0.05, 0) is 41.4 Å². The second kappa shape index (κ2) is 4.93. The number of hydrogen-bond donors (Lipinski definition) is 1. The number of hydrogen-bond acceptors (Lipinski definition) is 4. The fraction of sp³-hybridized carbons (Fsp3) is 0.273. The van der Waals surface area contributed by atoms with Crippen molar-refractivity contribution in [2.24, 2.45) is 0 Å². The van der Waals surface area contributed by atoms with Crippen molar-refractivity contribution in [1.82, 2.24) is 9.97 Å². The van der Waals surface area contributed by atoms with Gasteiger partial charge in [-0.15, -0.1) is 11.3 Å². The Morgan fingerprint density at radius 2 is 2.25 bits per heavy atom. The van der Waals surface area contributed by atoms with Crippen molar-refractivity contribution in [3.05, 3.63) is 38.4 Å². The van der Waals surface area contributed by atoms with E-state index in [0.717, 1.165) is 21.0 Å².